The van der Waals surface area contributed by atoms with Crippen molar-refractivity contribution >= 4 is 22.9 Å². The lowest BCUT2D eigenvalue weighted by Crippen LogP contribution is -2.50. The van der Waals surface area contributed by atoms with E-state index in [0.29, 0.717) is 36.6 Å². The van der Waals surface area contributed by atoms with Gasteiger partial charge in [0.2, 0.25) is 0 Å². The summed E-state index contributed by atoms with van der Waals surface area (Å²) in [5, 5.41) is 8.40. The van der Waals surface area contributed by atoms with Gasteiger partial charge < -0.3 is 9.80 Å². The van der Waals surface area contributed by atoms with Crippen LogP contribution < -0.4 is 4.90 Å². The Morgan fingerprint density at radius 3 is 2.52 bits per heavy atom. The van der Waals surface area contributed by atoms with E-state index >= 15 is 0 Å². The number of halogens is 2. The van der Waals surface area contributed by atoms with Crippen molar-refractivity contribution in [2.24, 2.45) is 0 Å². The van der Waals surface area contributed by atoms with Crippen molar-refractivity contribution < 1.29 is 13.6 Å². The fourth-order valence-electron chi connectivity index (χ4n) is 3.15. The topological polar surface area (TPSA) is 80.0 Å². The second kappa shape index (κ2) is 7.22. The van der Waals surface area contributed by atoms with Crippen molar-refractivity contribution in [1.29, 1.82) is 0 Å². The summed E-state index contributed by atoms with van der Waals surface area (Å²) in [6.45, 7) is 1.76. The molecule has 3 aromatic rings. The second-order valence-electron chi connectivity index (χ2n) is 6.22. The average molecular weight is 373 g/mol. The molecule has 0 unspecified atom stereocenters. The van der Waals surface area contributed by atoms with Crippen molar-refractivity contribution in [3.63, 3.8) is 0 Å². The molecule has 0 atom stereocenters. The van der Waals surface area contributed by atoms with Crippen LogP contribution in [0.15, 0.2) is 36.7 Å². The third-order valence-corrected chi connectivity index (χ3v) is 4.53. The zero-order valence-electron chi connectivity index (χ0n) is 14.4. The molecule has 1 fully saturated rings. The highest BCUT2D eigenvalue weighted by atomic mass is 19.3. The Morgan fingerprint density at radius 2 is 1.81 bits per heavy atom. The van der Waals surface area contributed by atoms with E-state index in [1.54, 1.807) is 4.68 Å². The molecule has 4 rings (SSSR count). The molecule has 2 aromatic heterocycles. The highest BCUT2D eigenvalue weighted by Gasteiger charge is 2.28. The standard InChI is InChI=1S/C17H17F2N7O/c18-14(19)17(27)25-8-6-24(7-9-25)15-13-16(21-11-20-15)26(23-22-13)10-12-4-2-1-3-5-12/h1-5,11,14H,6-10H2. The number of hydrogen-bond donors (Lipinski definition) is 0. The SMILES string of the molecule is O=C(C(F)F)N1CCN(c2ncnc3c2nnn3Cc2ccccc2)CC1. The Balaban J connectivity index is 1.55. The second-order valence-corrected chi connectivity index (χ2v) is 6.22. The molecular weight excluding hydrogens is 356 g/mol. The monoisotopic (exact) mass is 373 g/mol. The average Bonchev–Trinajstić information content (AvgIpc) is 3.11. The molecule has 3 heterocycles. The number of carbonyl (C=O) groups excluding carboxylic acids is 1. The number of piperazine rings is 1. The van der Waals surface area contributed by atoms with E-state index in [-0.39, 0.29) is 13.1 Å². The molecule has 0 radical (unpaired) electrons. The van der Waals surface area contributed by atoms with Crippen LogP contribution in [-0.2, 0) is 11.3 Å². The van der Waals surface area contributed by atoms with Crippen LogP contribution >= 0.6 is 0 Å². The Bertz CT molecular complexity index is 939. The van der Waals surface area contributed by atoms with Crippen molar-refractivity contribution in [2.45, 2.75) is 13.0 Å². The van der Waals surface area contributed by atoms with E-state index in [9.17, 15) is 13.6 Å². The first-order valence-electron chi connectivity index (χ1n) is 8.53. The Hall–Kier alpha value is -3.17. The summed E-state index contributed by atoms with van der Waals surface area (Å²) in [4.78, 5) is 23.1. The number of alkyl halides is 2. The number of fused-ring (bicyclic) bond motifs is 1. The largest absolute Gasteiger partial charge is 0.351 e. The molecule has 0 saturated carbocycles. The third kappa shape index (κ3) is 3.42. The summed E-state index contributed by atoms with van der Waals surface area (Å²) in [6, 6.07) is 9.84. The smallest absolute Gasteiger partial charge is 0.315 e. The van der Waals surface area contributed by atoms with E-state index in [1.165, 1.54) is 11.2 Å². The van der Waals surface area contributed by atoms with Gasteiger partial charge in [-0.05, 0) is 5.56 Å². The zero-order valence-corrected chi connectivity index (χ0v) is 14.4. The minimum Gasteiger partial charge on any atom is -0.351 e. The minimum absolute atomic E-state index is 0.215. The predicted molar refractivity (Wildman–Crippen MR) is 93.5 cm³/mol. The minimum atomic E-state index is -2.97. The highest BCUT2D eigenvalue weighted by molar-refractivity contribution is 5.83. The molecule has 0 aliphatic carbocycles. The highest BCUT2D eigenvalue weighted by Crippen LogP contribution is 2.22. The molecule has 1 aromatic carbocycles. The fourth-order valence-corrected chi connectivity index (χ4v) is 3.15. The molecular formula is C17H17F2N7O. The van der Waals surface area contributed by atoms with Gasteiger partial charge >= 0.3 is 6.43 Å². The first-order valence-corrected chi connectivity index (χ1v) is 8.53. The van der Waals surface area contributed by atoms with Crippen LogP contribution in [0.25, 0.3) is 11.2 Å². The lowest BCUT2D eigenvalue weighted by atomic mass is 10.2. The maximum Gasteiger partial charge on any atom is 0.315 e. The third-order valence-electron chi connectivity index (χ3n) is 4.53. The van der Waals surface area contributed by atoms with Crippen LogP contribution in [0.3, 0.4) is 0 Å². The van der Waals surface area contributed by atoms with Gasteiger partial charge in [0.05, 0.1) is 6.54 Å². The molecule has 0 N–H and O–H groups in total. The van der Waals surface area contributed by atoms with Crippen LogP contribution in [0.4, 0.5) is 14.6 Å². The van der Waals surface area contributed by atoms with Gasteiger partial charge in [0.25, 0.3) is 5.91 Å². The molecule has 0 spiro atoms. The van der Waals surface area contributed by atoms with Gasteiger partial charge in [-0.15, -0.1) is 5.10 Å². The van der Waals surface area contributed by atoms with E-state index < -0.39 is 12.3 Å². The van der Waals surface area contributed by atoms with Crippen molar-refractivity contribution in [1.82, 2.24) is 29.9 Å². The summed E-state index contributed by atoms with van der Waals surface area (Å²) < 4.78 is 26.9. The molecule has 140 valence electrons. The number of aromatic nitrogens is 5. The predicted octanol–water partition coefficient (Wildman–Crippen LogP) is 1.18. The fraction of sp³-hybridized carbons (Fsp3) is 0.353. The normalized spacial score (nSPS) is 14.9. The maximum atomic E-state index is 12.6. The molecule has 10 heteroatoms. The summed E-state index contributed by atoms with van der Waals surface area (Å²) in [5.41, 5.74) is 2.24. The van der Waals surface area contributed by atoms with E-state index in [4.69, 9.17) is 0 Å². The number of rotatable bonds is 4. The van der Waals surface area contributed by atoms with E-state index in [2.05, 4.69) is 20.3 Å². The van der Waals surface area contributed by atoms with Gasteiger partial charge in [0.1, 0.15) is 6.33 Å². The molecule has 1 aliphatic heterocycles. The molecule has 8 nitrogen and oxygen atoms in total. The van der Waals surface area contributed by atoms with Crippen molar-refractivity contribution in [3.05, 3.63) is 42.2 Å². The van der Waals surface area contributed by atoms with E-state index in [0.717, 1.165) is 5.56 Å². The number of hydrogen-bond acceptors (Lipinski definition) is 6. The summed E-state index contributed by atoms with van der Waals surface area (Å²) >= 11 is 0. The zero-order chi connectivity index (χ0) is 18.8. The quantitative estimate of drug-likeness (QED) is 0.683. The van der Waals surface area contributed by atoms with Crippen molar-refractivity contribution in [3.8, 4) is 0 Å². The Morgan fingerprint density at radius 1 is 1.07 bits per heavy atom. The number of nitrogens with zero attached hydrogens (tertiary/aromatic N) is 7. The van der Waals surface area contributed by atoms with Gasteiger partial charge in [0, 0.05) is 26.2 Å². The van der Waals surface area contributed by atoms with Gasteiger partial charge in [-0.25, -0.2) is 14.6 Å². The van der Waals surface area contributed by atoms with Crippen LogP contribution in [0.2, 0.25) is 0 Å². The Kier molecular flexibility index (Phi) is 4.61. The van der Waals surface area contributed by atoms with Crippen LogP contribution in [-0.4, -0.2) is 68.4 Å². The number of benzene rings is 1. The summed E-state index contributed by atoms with van der Waals surface area (Å²) in [5.74, 6) is -0.528. The molecule has 1 aliphatic rings. The molecule has 1 saturated heterocycles. The number of amides is 1. The first-order chi connectivity index (χ1) is 13.1. The van der Waals surface area contributed by atoms with Crippen LogP contribution in [0, 0.1) is 0 Å². The van der Waals surface area contributed by atoms with E-state index in [1.807, 2.05) is 35.2 Å². The maximum absolute atomic E-state index is 12.6. The molecule has 0 bridgehead atoms. The van der Waals surface area contributed by atoms with Crippen LogP contribution in [0.5, 0.6) is 0 Å². The lowest BCUT2D eigenvalue weighted by molar-refractivity contribution is -0.143. The van der Waals surface area contributed by atoms with Gasteiger partial charge in [-0.2, -0.15) is 8.78 Å². The van der Waals surface area contributed by atoms with Gasteiger partial charge in [-0.1, -0.05) is 35.5 Å². The van der Waals surface area contributed by atoms with Crippen molar-refractivity contribution in [2.75, 3.05) is 31.1 Å². The molecule has 27 heavy (non-hydrogen) atoms. The molecule has 1 amide bonds. The van der Waals surface area contributed by atoms with Gasteiger partial charge in [-0.3, -0.25) is 4.79 Å². The number of carbonyl (C=O) groups is 1. The lowest BCUT2D eigenvalue weighted by Gasteiger charge is -2.35. The first kappa shape index (κ1) is 17.3. The number of anilines is 1. The van der Waals surface area contributed by atoms with Crippen LogP contribution in [0.1, 0.15) is 5.56 Å². The summed E-state index contributed by atoms with van der Waals surface area (Å²) in [7, 11) is 0. The van der Waals surface area contributed by atoms with Gasteiger partial charge in [0.15, 0.2) is 17.0 Å². The Labute approximate surface area is 153 Å². The summed E-state index contributed by atoms with van der Waals surface area (Å²) in [6.07, 6.45) is -1.53.